The second-order valence-corrected chi connectivity index (χ2v) is 6.79. The van der Waals surface area contributed by atoms with E-state index in [2.05, 4.69) is 0 Å². The summed E-state index contributed by atoms with van der Waals surface area (Å²) in [5.41, 5.74) is 0.952. The minimum Gasteiger partial charge on any atom is -0.507 e. The summed E-state index contributed by atoms with van der Waals surface area (Å²) in [6, 6.07) is 10.0. The van der Waals surface area contributed by atoms with Crippen LogP contribution in [0.3, 0.4) is 0 Å². The number of ketones is 3. The van der Waals surface area contributed by atoms with Crippen molar-refractivity contribution >= 4 is 23.3 Å². The molecule has 0 fully saturated rings. The standard InChI is InChI=1S/C22H15NO6/c1-10-16-18(20(26)14-4-3-5-15(25)17(14)21(16)27)19(11(2)24)23(10)13-8-6-12(7-9-13)22(28)29/h3-9,25H,1-2H3,(H,28,29). The van der Waals surface area contributed by atoms with Gasteiger partial charge < -0.3 is 14.8 Å². The maximum Gasteiger partial charge on any atom is 0.335 e. The third-order valence-electron chi connectivity index (χ3n) is 5.08. The van der Waals surface area contributed by atoms with Crippen LogP contribution in [0.2, 0.25) is 0 Å². The van der Waals surface area contributed by atoms with Crippen LogP contribution in [0.4, 0.5) is 0 Å². The van der Waals surface area contributed by atoms with Gasteiger partial charge in [-0.15, -0.1) is 0 Å². The molecule has 4 rings (SSSR count). The van der Waals surface area contributed by atoms with E-state index in [4.69, 9.17) is 5.11 Å². The average molecular weight is 389 g/mol. The number of aromatic carboxylic acids is 1. The van der Waals surface area contributed by atoms with Crippen LogP contribution in [0, 0.1) is 6.92 Å². The molecule has 144 valence electrons. The Morgan fingerprint density at radius 3 is 2.14 bits per heavy atom. The van der Waals surface area contributed by atoms with Gasteiger partial charge in [-0.05, 0) is 37.3 Å². The second kappa shape index (κ2) is 6.27. The van der Waals surface area contributed by atoms with Gasteiger partial charge in [0.1, 0.15) is 11.4 Å². The number of aromatic hydroxyl groups is 1. The van der Waals surface area contributed by atoms with Gasteiger partial charge in [-0.25, -0.2) is 4.79 Å². The lowest BCUT2D eigenvalue weighted by atomic mass is 9.83. The Morgan fingerprint density at radius 1 is 0.897 bits per heavy atom. The molecule has 0 saturated carbocycles. The molecule has 0 atom stereocenters. The van der Waals surface area contributed by atoms with Crippen LogP contribution >= 0.6 is 0 Å². The van der Waals surface area contributed by atoms with E-state index in [1.165, 1.54) is 54.0 Å². The van der Waals surface area contributed by atoms with E-state index in [1.807, 2.05) is 0 Å². The number of phenols is 1. The van der Waals surface area contributed by atoms with E-state index in [1.54, 1.807) is 6.92 Å². The molecule has 3 aromatic rings. The fourth-order valence-corrected chi connectivity index (χ4v) is 3.83. The Bertz CT molecular complexity index is 1250. The van der Waals surface area contributed by atoms with Crippen LogP contribution in [0.1, 0.15) is 65.3 Å². The van der Waals surface area contributed by atoms with Crippen molar-refractivity contribution in [1.82, 2.24) is 4.57 Å². The first kappa shape index (κ1) is 18.4. The molecule has 1 heterocycles. The molecule has 1 aromatic heterocycles. The van der Waals surface area contributed by atoms with Crippen LogP contribution in [-0.2, 0) is 0 Å². The third-order valence-corrected chi connectivity index (χ3v) is 5.08. The van der Waals surface area contributed by atoms with Crippen molar-refractivity contribution < 1.29 is 29.4 Å². The average Bonchev–Trinajstić information content (AvgIpc) is 3.00. The summed E-state index contributed by atoms with van der Waals surface area (Å²) in [6.07, 6.45) is 0. The lowest BCUT2D eigenvalue weighted by Crippen LogP contribution is -2.21. The normalized spacial score (nSPS) is 12.5. The fourth-order valence-electron chi connectivity index (χ4n) is 3.83. The quantitative estimate of drug-likeness (QED) is 0.520. The smallest absolute Gasteiger partial charge is 0.335 e. The van der Waals surface area contributed by atoms with Gasteiger partial charge in [0, 0.05) is 23.9 Å². The highest BCUT2D eigenvalue weighted by Crippen LogP contribution is 2.38. The molecule has 0 amide bonds. The van der Waals surface area contributed by atoms with Gasteiger partial charge in [-0.2, -0.15) is 0 Å². The van der Waals surface area contributed by atoms with E-state index in [-0.39, 0.29) is 39.3 Å². The zero-order valence-electron chi connectivity index (χ0n) is 15.5. The first-order valence-electron chi connectivity index (χ1n) is 8.75. The lowest BCUT2D eigenvalue weighted by Gasteiger charge is -2.16. The van der Waals surface area contributed by atoms with Crippen LogP contribution in [-0.4, -0.2) is 38.1 Å². The van der Waals surface area contributed by atoms with Gasteiger partial charge in [0.15, 0.2) is 17.3 Å². The SMILES string of the molecule is CC(=O)c1c2c(c(C)n1-c1ccc(C(=O)O)cc1)C(=O)c1c(O)cccc1C2=O. The molecule has 7 heteroatoms. The molecule has 0 bridgehead atoms. The van der Waals surface area contributed by atoms with Crippen molar-refractivity contribution in [3.05, 3.63) is 81.7 Å². The highest BCUT2D eigenvalue weighted by atomic mass is 16.4. The van der Waals surface area contributed by atoms with E-state index in [0.29, 0.717) is 11.4 Å². The highest BCUT2D eigenvalue weighted by molar-refractivity contribution is 6.32. The van der Waals surface area contributed by atoms with Gasteiger partial charge >= 0.3 is 5.97 Å². The predicted molar refractivity (Wildman–Crippen MR) is 102 cm³/mol. The number of carboxylic acid groups (broad SMARTS) is 1. The highest BCUT2D eigenvalue weighted by Gasteiger charge is 2.39. The van der Waals surface area contributed by atoms with Crippen molar-refractivity contribution in [3.8, 4) is 11.4 Å². The monoisotopic (exact) mass is 389 g/mol. The number of Topliss-reactive ketones (excluding diaryl/α,β-unsaturated/α-hetero) is 1. The summed E-state index contributed by atoms with van der Waals surface area (Å²) in [6.45, 7) is 2.90. The summed E-state index contributed by atoms with van der Waals surface area (Å²) in [5.74, 6) is -2.85. The van der Waals surface area contributed by atoms with Gasteiger partial charge in [0.05, 0.1) is 22.3 Å². The second-order valence-electron chi connectivity index (χ2n) is 6.79. The Labute approximate surface area is 164 Å². The van der Waals surface area contributed by atoms with E-state index < -0.39 is 23.3 Å². The lowest BCUT2D eigenvalue weighted by molar-refractivity contribution is 0.0696. The van der Waals surface area contributed by atoms with Gasteiger partial charge in [-0.3, -0.25) is 14.4 Å². The predicted octanol–water partition coefficient (Wildman–Crippen LogP) is 3.17. The molecule has 2 aromatic carbocycles. The van der Waals surface area contributed by atoms with Crippen LogP contribution in [0.25, 0.3) is 5.69 Å². The molecule has 0 spiro atoms. The molecule has 0 radical (unpaired) electrons. The molecule has 0 saturated heterocycles. The minimum absolute atomic E-state index is 0.000381. The first-order valence-corrected chi connectivity index (χ1v) is 8.75. The van der Waals surface area contributed by atoms with Crippen molar-refractivity contribution in [3.63, 3.8) is 0 Å². The van der Waals surface area contributed by atoms with Crippen LogP contribution in [0.15, 0.2) is 42.5 Å². The Hall–Kier alpha value is -4.00. The topological polar surface area (TPSA) is 114 Å². The van der Waals surface area contributed by atoms with E-state index >= 15 is 0 Å². The molecule has 2 N–H and O–H groups in total. The zero-order chi connectivity index (χ0) is 21.0. The molecular weight excluding hydrogens is 374 g/mol. The van der Waals surface area contributed by atoms with E-state index in [0.717, 1.165) is 0 Å². The number of hydrogen-bond donors (Lipinski definition) is 2. The van der Waals surface area contributed by atoms with Crippen LogP contribution in [0.5, 0.6) is 5.75 Å². The van der Waals surface area contributed by atoms with Gasteiger partial charge in [0.25, 0.3) is 0 Å². The summed E-state index contributed by atoms with van der Waals surface area (Å²) >= 11 is 0. The molecule has 1 aliphatic carbocycles. The van der Waals surface area contributed by atoms with Crippen molar-refractivity contribution in [2.45, 2.75) is 13.8 Å². The largest absolute Gasteiger partial charge is 0.507 e. The minimum atomic E-state index is -1.09. The van der Waals surface area contributed by atoms with Crippen molar-refractivity contribution in [2.75, 3.05) is 0 Å². The Kier molecular flexibility index (Phi) is 3.97. The van der Waals surface area contributed by atoms with Crippen molar-refractivity contribution in [1.29, 1.82) is 0 Å². The molecule has 1 aliphatic rings. The Morgan fingerprint density at radius 2 is 1.55 bits per heavy atom. The third kappa shape index (κ3) is 2.51. The van der Waals surface area contributed by atoms with Gasteiger partial charge in [0.2, 0.25) is 0 Å². The fraction of sp³-hybridized carbons (Fsp3) is 0.0909. The van der Waals surface area contributed by atoms with Gasteiger partial charge in [-0.1, -0.05) is 12.1 Å². The number of hydrogen-bond acceptors (Lipinski definition) is 5. The van der Waals surface area contributed by atoms with Crippen molar-refractivity contribution in [2.24, 2.45) is 0 Å². The maximum absolute atomic E-state index is 13.2. The number of nitrogens with zero attached hydrogens (tertiary/aromatic N) is 1. The summed E-state index contributed by atoms with van der Waals surface area (Å²) in [5, 5.41) is 19.2. The molecule has 0 aliphatic heterocycles. The summed E-state index contributed by atoms with van der Waals surface area (Å²) in [4.78, 5) is 49.9. The zero-order valence-corrected chi connectivity index (χ0v) is 15.5. The maximum atomic E-state index is 13.2. The van der Waals surface area contributed by atoms with E-state index in [9.17, 15) is 24.3 Å². The number of carbonyl (C=O) groups excluding carboxylic acids is 3. The number of aromatic nitrogens is 1. The number of fused-ring (bicyclic) bond motifs is 2. The molecule has 7 nitrogen and oxygen atoms in total. The summed E-state index contributed by atoms with van der Waals surface area (Å²) < 4.78 is 1.48. The molecular formula is C22H15NO6. The number of carbonyl (C=O) groups is 4. The Balaban J connectivity index is 2.04. The summed E-state index contributed by atoms with van der Waals surface area (Å²) in [7, 11) is 0. The van der Waals surface area contributed by atoms with Crippen LogP contribution < -0.4 is 0 Å². The number of rotatable bonds is 3. The number of benzene rings is 2. The first-order chi connectivity index (χ1) is 13.7. The number of phenolic OH excluding ortho intramolecular Hbond substituents is 1. The molecule has 0 unspecified atom stereocenters. The number of carboxylic acids is 1. The molecule has 29 heavy (non-hydrogen) atoms.